The standard InChI is InChI=1S/C16H30N2O2/c1-10-6-5-7-16(8-10,9-17)18-15(19)14-11(2)12(3)20-13(14)4/h10-14H,5-9,17H2,1-4H3,(H,18,19). The van der Waals surface area contributed by atoms with Crippen molar-refractivity contribution in [3.8, 4) is 0 Å². The Hall–Kier alpha value is -0.610. The Morgan fingerprint density at radius 1 is 1.30 bits per heavy atom. The third kappa shape index (κ3) is 3.01. The monoisotopic (exact) mass is 282 g/mol. The molecule has 20 heavy (non-hydrogen) atoms. The van der Waals surface area contributed by atoms with Crippen molar-refractivity contribution >= 4 is 5.91 Å². The van der Waals surface area contributed by atoms with Crippen LogP contribution < -0.4 is 11.1 Å². The van der Waals surface area contributed by atoms with Crippen LogP contribution in [0.2, 0.25) is 0 Å². The van der Waals surface area contributed by atoms with E-state index in [0.29, 0.717) is 12.5 Å². The molecule has 4 nitrogen and oxygen atoms in total. The van der Waals surface area contributed by atoms with Crippen LogP contribution in [0.1, 0.15) is 53.4 Å². The SMILES string of the molecule is CC1CCCC(CN)(NC(=O)C2C(C)OC(C)C2C)C1. The predicted molar refractivity (Wildman–Crippen MR) is 80.2 cm³/mol. The molecular weight excluding hydrogens is 252 g/mol. The largest absolute Gasteiger partial charge is 0.374 e. The molecule has 1 saturated heterocycles. The summed E-state index contributed by atoms with van der Waals surface area (Å²) in [4.78, 5) is 12.7. The lowest BCUT2D eigenvalue weighted by Crippen LogP contribution is -2.58. The summed E-state index contributed by atoms with van der Waals surface area (Å²) in [6, 6.07) is 0. The maximum atomic E-state index is 12.7. The van der Waals surface area contributed by atoms with Crippen molar-refractivity contribution in [3.63, 3.8) is 0 Å². The number of nitrogens with two attached hydrogens (primary N) is 1. The van der Waals surface area contributed by atoms with Gasteiger partial charge in [-0.15, -0.1) is 0 Å². The first-order chi connectivity index (χ1) is 9.38. The van der Waals surface area contributed by atoms with Crippen molar-refractivity contribution in [1.29, 1.82) is 0 Å². The van der Waals surface area contributed by atoms with Crippen molar-refractivity contribution in [3.05, 3.63) is 0 Å². The van der Waals surface area contributed by atoms with E-state index in [1.54, 1.807) is 0 Å². The second kappa shape index (κ2) is 6.02. The summed E-state index contributed by atoms with van der Waals surface area (Å²) in [5, 5.41) is 3.29. The lowest BCUT2D eigenvalue weighted by Gasteiger charge is -2.41. The number of rotatable bonds is 3. The van der Waals surface area contributed by atoms with E-state index in [2.05, 4.69) is 26.1 Å². The molecule has 2 fully saturated rings. The topological polar surface area (TPSA) is 64.3 Å². The van der Waals surface area contributed by atoms with Crippen LogP contribution in [0.25, 0.3) is 0 Å². The van der Waals surface area contributed by atoms with Gasteiger partial charge in [0.25, 0.3) is 0 Å². The van der Waals surface area contributed by atoms with Crippen molar-refractivity contribution in [2.75, 3.05) is 6.54 Å². The lowest BCUT2D eigenvalue weighted by atomic mass is 9.75. The highest BCUT2D eigenvalue weighted by molar-refractivity contribution is 5.80. The van der Waals surface area contributed by atoms with Crippen LogP contribution in [0.15, 0.2) is 0 Å². The fourth-order valence-corrected chi connectivity index (χ4v) is 4.07. The first-order valence-corrected chi connectivity index (χ1v) is 8.06. The van der Waals surface area contributed by atoms with Gasteiger partial charge >= 0.3 is 0 Å². The van der Waals surface area contributed by atoms with E-state index in [1.165, 1.54) is 6.42 Å². The van der Waals surface area contributed by atoms with Crippen LogP contribution in [0, 0.1) is 17.8 Å². The molecule has 0 bridgehead atoms. The molecule has 116 valence electrons. The number of carbonyl (C=O) groups excluding carboxylic acids is 1. The molecule has 1 saturated carbocycles. The number of carbonyl (C=O) groups is 1. The molecule has 0 spiro atoms. The van der Waals surface area contributed by atoms with Gasteiger partial charge in [0.15, 0.2) is 0 Å². The Bertz CT molecular complexity index is 360. The molecule has 2 aliphatic rings. The van der Waals surface area contributed by atoms with Gasteiger partial charge in [0.1, 0.15) is 0 Å². The Kier molecular flexibility index (Phi) is 4.75. The number of ether oxygens (including phenoxy) is 1. The Balaban J connectivity index is 2.06. The molecule has 3 N–H and O–H groups in total. The zero-order valence-corrected chi connectivity index (χ0v) is 13.3. The minimum Gasteiger partial charge on any atom is -0.374 e. The smallest absolute Gasteiger partial charge is 0.226 e. The van der Waals surface area contributed by atoms with E-state index < -0.39 is 0 Å². The van der Waals surface area contributed by atoms with Crippen LogP contribution in [0.3, 0.4) is 0 Å². The van der Waals surface area contributed by atoms with Gasteiger partial charge in [0.2, 0.25) is 5.91 Å². The van der Waals surface area contributed by atoms with E-state index in [4.69, 9.17) is 10.5 Å². The predicted octanol–water partition coefficient (Wildman–Crippen LogP) is 2.07. The normalized spacial score (nSPS) is 45.4. The van der Waals surface area contributed by atoms with Crippen molar-refractivity contribution in [2.24, 2.45) is 23.5 Å². The molecule has 0 radical (unpaired) electrons. The minimum atomic E-state index is -0.194. The fourth-order valence-electron chi connectivity index (χ4n) is 4.07. The quantitative estimate of drug-likeness (QED) is 0.833. The second-order valence-corrected chi connectivity index (χ2v) is 7.11. The zero-order valence-electron chi connectivity index (χ0n) is 13.3. The highest BCUT2D eigenvalue weighted by atomic mass is 16.5. The van der Waals surface area contributed by atoms with Crippen LogP contribution in [-0.4, -0.2) is 30.2 Å². The number of hydrogen-bond acceptors (Lipinski definition) is 3. The van der Waals surface area contributed by atoms with Crippen molar-refractivity contribution < 1.29 is 9.53 Å². The van der Waals surface area contributed by atoms with E-state index >= 15 is 0 Å². The minimum absolute atomic E-state index is 0.00385. The van der Waals surface area contributed by atoms with Crippen molar-refractivity contribution in [1.82, 2.24) is 5.32 Å². The number of amides is 1. The van der Waals surface area contributed by atoms with Crippen LogP contribution >= 0.6 is 0 Å². The van der Waals surface area contributed by atoms with Gasteiger partial charge in [-0.3, -0.25) is 4.79 Å². The average molecular weight is 282 g/mol. The van der Waals surface area contributed by atoms with Gasteiger partial charge in [0, 0.05) is 6.54 Å². The molecule has 1 aliphatic carbocycles. The van der Waals surface area contributed by atoms with Crippen LogP contribution in [0.4, 0.5) is 0 Å². The summed E-state index contributed by atoms with van der Waals surface area (Å²) in [6.45, 7) is 8.95. The number of hydrogen-bond donors (Lipinski definition) is 2. The molecule has 0 aromatic carbocycles. The van der Waals surface area contributed by atoms with E-state index in [0.717, 1.165) is 19.3 Å². The maximum Gasteiger partial charge on any atom is 0.226 e. The molecular formula is C16H30N2O2. The number of nitrogens with one attached hydrogen (secondary N) is 1. The maximum absolute atomic E-state index is 12.7. The third-order valence-electron chi connectivity index (χ3n) is 5.42. The second-order valence-electron chi connectivity index (χ2n) is 7.11. The summed E-state index contributed by atoms with van der Waals surface area (Å²) < 4.78 is 5.79. The molecule has 4 heteroatoms. The zero-order chi connectivity index (χ0) is 14.9. The summed E-state index contributed by atoms with van der Waals surface area (Å²) >= 11 is 0. The van der Waals surface area contributed by atoms with Gasteiger partial charge in [-0.05, 0) is 38.5 Å². The summed E-state index contributed by atoms with van der Waals surface area (Å²) in [5.41, 5.74) is 5.80. The Morgan fingerprint density at radius 2 is 2.00 bits per heavy atom. The molecule has 1 aliphatic heterocycles. The van der Waals surface area contributed by atoms with Crippen LogP contribution in [-0.2, 0) is 9.53 Å². The summed E-state index contributed by atoms with van der Waals surface area (Å²) in [7, 11) is 0. The highest BCUT2D eigenvalue weighted by Crippen LogP contribution is 2.35. The first kappa shape index (κ1) is 15.8. The Labute approximate surface area is 122 Å². The highest BCUT2D eigenvalue weighted by Gasteiger charge is 2.44. The fraction of sp³-hybridized carbons (Fsp3) is 0.938. The Morgan fingerprint density at radius 3 is 2.50 bits per heavy atom. The summed E-state index contributed by atoms with van der Waals surface area (Å²) in [5.74, 6) is 0.988. The van der Waals surface area contributed by atoms with Crippen LogP contribution in [0.5, 0.6) is 0 Å². The lowest BCUT2D eigenvalue weighted by molar-refractivity contribution is -0.129. The molecule has 0 aromatic rings. The van der Waals surface area contributed by atoms with Gasteiger partial charge in [-0.1, -0.05) is 26.7 Å². The van der Waals surface area contributed by atoms with E-state index in [9.17, 15) is 4.79 Å². The first-order valence-electron chi connectivity index (χ1n) is 8.06. The van der Waals surface area contributed by atoms with E-state index in [1.807, 2.05) is 6.92 Å². The van der Waals surface area contributed by atoms with Crippen molar-refractivity contribution in [2.45, 2.75) is 71.1 Å². The van der Waals surface area contributed by atoms with E-state index in [-0.39, 0.29) is 35.5 Å². The molecule has 1 amide bonds. The molecule has 2 rings (SSSR count). The summed E-state index contributed by atoms with van der Waals surface area (Å²) in [6.07, 6.45) is 4.55. The van der Waals surface area contributed by atoms with Gasteiger partial charge in [0.05, 0.1) is 23.7 Å². The third-order valence-corrected chi connectivity index (χ3v) is 5.42. The molecule has 6 unspecified atom stereocenters. The van der Waals surface area contributed by atoms with Gasteiger partial charge in [-0.2, -0.15) is 0 Å². The molecule has 6 atom stereocenters. The molecule has 0 aromatic heterocycles. The average Bonchev–Trinajstić information content (AvgIpc) is 2.63. The van der Waals surface area contributed by atoms with Gasteiger partial charge < -0.3 is 15.8 Å². The molecule has 1 heterocycles. The van der Waals surface area contributed by atoms with Gasteiger partial charge in [-0.25, -0.2) is 0 Å².